The Labute approximate surface area is 160 Å². The van der Waals surface area contributed by atoms with Crippen LogP contribution in [0, 0.1) is 5.82 Å². The molecule has 0 bridgehead atoms. The van der Waals surface area contributed by atoms with Gasteiger partial charge in [-0.2, -0.15) is 5.10 Å². The third kappa shape index (κ3) is 4.31. The van der Waals surface area contributed by atoms with E-state index in [9.17, 15) is 12.8 Å². The first kappa shape index (κ1) is 18.6. The average Bonchev–Trinajstić information content (AvgIpc) is 2.95. The molecule has 0 atom stereocenters. The van der Waals surface area contributed by atoms with Gasteiger partial charge in [0.1, 0.15) is 5.82 Å². The second kappa shape index (κ2) is 7.59. The molecule has 1 N–H and O–H groups in total. The van der Waals surface area contributed by atoms with Crippen molar-refractivity contribution in [3.8, 4) is 0 Å². The highest BCUT2D eigenvalue weighted by molar-refractivity contribution is 9.10. The summed E-state index contributed by atoms with van der Waals surface area (Å²) in [5.74, 6) is -0.107. The SMILES string of the molecule is CCc1ccc(S(=O)(=O)Nc2nn(Cc3ccc(F)cc3)cc2Br)cc1. The van der Waals surface area contributed by atoms with Crippen molar-refractivity contribution in [3.05, 3.63) is 76.1 Å². The Morgan fingerprint density at radius 3 is 2.31 bits per heavy atom. The normalized spacial score (nSPS) is 11.5. The second-order valence-electron chi connectivity index (χ2n) is 5.75. The summed E-state index contributed by atoms with van der Waals surface area (Å²) in [4.78, 5) is 0.176. The van der Waals surface area contributed by atoms with Crippen LogP contribution in [0.4, 0.5) is 10.2 Å². The van der Waals surface area contributed by atoms with Gasteiger partial charge in [-0.1, -0.05) is 31.2 Å². The zero-order valence-electron chi connectivity index (χ0n) is 14.0. The highest BCUT2D eigenvalue weighted by Crippen LogP contribution is 2.24. The molecule has 0 saturated heterocycles. The molecular weight excluding hydrogens is 421 g/mol. The number of nitrogens with zero attached hydrogens (tertiary/aromatic N) is 2. The minimum absolute atomic E-state index is 0.176. The topological polar surface area (TPSA) is 64.0 Å². The first-order valence-corrected chi connectivity index (χ1v) is 10.2. The number of hydrogen-bond acceptors (Lipinski definition) is 3. The van der Waals surface area contributed by atoms with E-state index in [-0.39, 0.29) is 16.5 Å². The summed E-state index contributed by atoms with van der Waals surface area (Å²) < 4.78 is 42.6. The molecule has 0 amide bonds. The van der Waals surface area contributed by atoms with Crippen molar-refractivity contribution in [3.63, 3.8) is 0 Å². The molecule has 0 spiro atoms. The van der Waals surface area contributed by atoms with Gasteiger partial charge in [-0.25, -0.2) is 12.8 Å². The summed E-state index contributed by atoms with van der Waals surface area (Å²) in [6.07, 6.45) is 2.51. The van der Waals surface area contributed by atoms with Crippen LogP contribution in [0.1, 0.15) is 18.1 Å². The maximum Gasteiger partial charge on any atom is 0.263 e. The molecule has 8 heteroatoms. The Balaban J connectivity index is 1.78. The van der Waals surface area contributed by atoms with Crippen LogP contribution in [0.25, 0.3) is 0 Å². The van der Waals surface area contributed by atoms with E-state index >= 15 is 0 Å². The number of aryl methyl sites for hydroxylation is 1. The Morgan fingerprint density at radius 2 is 1.69 bits per heavy atom. The van der Waals surface area contributed by atoms with Crippen LogP contribution in [-0.4, -0.2) is 18.2 Å². The van der Waals surface area contributed by atoms with E-state index < -0.39 is 10.0 Å². The quantitative estimate of drug-likeness (QED) is 0.628. The fourth-order valence-electron chi connectivity index (χ4n) is 2.41. The molecule has 0 saturated carbocycles. The molecule has 0 unspecified atom stereocenters. The van der Waals surface area contributed by atoms with Crippen molar-refractivity contribution in [2.75, 3.05) is 4.72 Å². The summed E-state index contributed by atoms with van der Waals surface area (Å²) in [5, 5.41) is 4.26. The maximum atomic E-state index is 13.0. The summed E-state index contributed by atoms with van der Waals surface area (Å²) in [6.45, 7) is 2.40. The molecule has 3 aromatic rings. The zero-order valence-corrected chi connectivity index (χ0v) is 16.4. The fourth-order valence-corrected chi connectivity index (χ4v) is 3.98. The molecular formula is C18H17BrFN3O2S. The van der Waals surface area contributed by atoms with E-state index in [1.807, 2.05) is 6.92 Å². The van der Waals surface area contributed by atoms with Crippen LogP contribution in [0.5, 0.6) is 0 Å². The molecule has 3 rings (SSSR count). The van der Waals surface area contributed by atoms with Gasteiger partial charge in [0.05, 0.1) is 15.9 Å². The van der Waals surface area contributed by atoms with Crippen molar-refractivity contribution >= 4 is 31.8 Å². The minimum Gasteiger partial charge on any atom is -0.265 e. The number of halogens is 2. The van der Waals surface area contributed by atoms with Crippen molar-refractivity contribution in [1.29, 1.82) is 0 Å². The van der Waals surface area contributed by atoms with Gasteiger partial charge in [0.15, 0.2) is 5.82 Å². The molecule has 0 fully saturated rings. The van der Waals surface area contributed by atoms with Crippen LogP contribution in [0.3, 0.4) is 0 Å². The third-order valence-electron chi connectivity index (χ3n) is 3.85. The standard InChI is InChI=1S/C18H17BrFN3O2S/c1-2-13-5-9-16(10-6-13)26(24,25)22-18-17(19)12-23(21-18)11-14-3-7-15(20)8-4-14/h3-10,12H,2,11H2,1H3,(H,21,22). The predicted molar refractivity (Wildman–Crippen MR) is 102 cm³/mol. The number of nitrogens with one attached hydrogen (secondary N) is 1. The van der Waals surface area contributed by atoms with E-state index in [1.54, 1.807) is 47.3 Å². The molecule has 136 valence electrons. The molecule has 5 nitrogen and oxygen atoms in total. The van der Waals surface area contributed by atoms with Crippen LogP contribution >= 0.6 is 15.9 Å². The van der Waals surface area contributed by atoms with Gasteiger partial charge in [-0.05, 0) is 57.7 Å². The summed E-state index contributed by atoms with van der Waals surface area (Å²) in [7, 11) is -3.73. The molecule has 0 aliphatic heterocycles. The molecule has 0 radical (unpaired) electrons. The Hall–Kier alpha value is -2.19. The van der Waals surface area contributed by atoms with Gasteiger partial charge in [0.25, 0.3) is 10.0 Å². The third-order valence-corrected chi connectivity index (χ3v) is 5.78. The van der Waals surface area contributed by atoms with Gasteiger partial charge >= 0.3 is 0 Å². The average molecular weight is 438 g/mol. The van der Waals surface area contributed by atoms with Crippen molar-refractivity contribution in [2.24, 2.45) is 0 Å². The van der Waals surface area contributed by atoms with E-state index in [0.717, 1.165) is 17.5 Å². The van der Waals surface area contributed by atoms with Gasteiger partial charge in [-0.3, -0.25) is 9.40 Å². The van der Waals surface area contributed by atoms with E-state index in [4.69, 9.17) is 0 Å². The van der Waals surface area contributed by atoms with Crippen molar-refractivity contribution < 1.29 is 12.8 Å². The maximum absolute atomic E-state index is 13.0. The van der Waals surface area contributed by atoms with Crippen molar-refractivity contribution in [2.45, 2.75) is 24.8 Å². The van der Waals surface area contributed by atoms with Gasteiger partial charge in [0.2, 0.25) is 0 Å². The molecule has 1 heterocycles. The van der Waals surface area contributed by atoms with E-state index in [0.29, 0.717) is 11.0 Å². The number of sulfonamides is 1. The number of rotatable bonds is 6. The fraction of sp³-hybridized carbons (Fsp3) is 0.167. The lowest BCUT2D eigenvalue weighted by Crippen LogP contribution is -2.14. The number of benzene rings is 2. The lowest BCUT2D eigenvalue weighted by molar-refractivity contribution is 0.600. The molecule has 26 heavy (non-hydrogen) atoms. The lowest BCUT2D eigenvalue weighted by Gasteiger charge is -2.07. The number of hydrogen-bond donors (Lipinski definition) is 1. The molecule has 0 aliphatic rings. The highest BCUT2D eigenvalue weighted by Gasteiger charge is 2.18. The van der Waals surface area contributed by atoms with Gasteiger partial charge in [0, 0.05) is 6.20 Å². The van der Waals surface area contributed by atoms with Gasteiger partial charge < -0.3 is 0 Å². The summed E-state index contributed by atoms with van der Waals surface area (Å²) in [6, 6.07) is 12.8. The Kier molecular flexibility index (Phi) is 5.43. The number of anilines is 1. The first-order valence-electron chi connectivity index (χ1n) is 7.96. The predicted octanol–water partition coefficient (Wildman–Crippen LogP) is 4.20. The second-order valence-corrected chi connectivity index (χ2v) is 8.29. The minimum atomic E-state index is -3.73. The smallest absolute Gasteiger partial charge is 0.263 e. The van der Waals surface area contributed by atoms with Crippen LogP contribution in [0.15, 0.2) is 64.1 Å². The summed E-state index contributed by atoms with van der Waals surface area (Å²) >= 11 is 3.32. The highest BCUT2D eigenvalue weighted by atomic mass is 79.9. The van der Waals surface area contributed by atoms with E-state index in [1.165, 1.54) is 12.1 Å². The molecule has 1 aromatic heterocycles. The van der Waals surface area contributed by atoms with Gasteiger partial charge in [-0.15, -0.1) is 0 Å². The largest absolute Gasteiger partial charge is 0.265 e. The lowest BCUT2D eigenvalue weighted by atomic mass is 10.2. The van der Waals surface area contributed by atoms with Crippen LogP contribution < -0.4 is 4.72 Å². The zero-order chi connectivity index (χ0) is 18.7. The van der Waals surface area contributed by atoms with Crippen molar-refractivity contribution in [1.82, 2.24) is 9.78 Å². The summed E-state index contributed by atoms with van der Waals surface area (Å²) in [5.41, 5.74) is 1.92. The Bertz CT molecular complexity index is 1000. The first-order chi connectivity index (χ1) is 12.4. The Morgan fingerprint density at radius 1 is 1.08 bits per heavy atom. The molecule has 2 aromatic carbocycles. The van der Waals surface area contributed by atoms with E-state index in [2.05, 4.69) is 25.8 Å². The molecule has 0 aliphatic carbocycles. The van der Waals surface area contributed by atoms with Crippen LogP contribution in [-0.2, 0) is 23.0 Å². The monoisotopic (exact) mass is 437 g/mol. The van der Waals surface area contributed by atoms with Crippen LogP contribution in [0.2, 0.25) is 0 Å². The number of aromatic nitrogens is 2.